The molecule has 0 saturated heterocycles. The molecule has 6 aromatic rings. The summed E-state index contributed by atoms with van der Waals surface area (Å²) in [6, 6.07) is 0. The molecule has 0 aromatic heterocycles. The molecule has 0 aliphatic carbocycles. The molecule has 0 spiro atoms. The molecule has 0 bridgehead atoms. The van der Waals surface area contributed by atoms with E-state index >= 15 is 0 Å². The van der Waals surface area contributed by atoms with Crippen LogP contribution in [0.25, 0.3) is 0 Å². The van der Waals surface area contributed by atoms with Crippen molar-refractivity contribution in [3.63, 3.8) is 0 Å². The lowest BCUT2D eigenvalue weighted by atomic mass is 9.82. The highest BCUT2D eigenvalue weighted by Crippen LogP contribution is 2.36. The maximum absolute atomic E-state index is 11.9. The molecule has 18 nitrogen and oxygen atoms in total. The van der Waals surface area contributed by atoms with Gasteiger partial charge in [0, 0.05) is 79.7 Å². The van der Waals surface area contributed by atoms with Crippen molar-refractivity contribution in [2.45, 2.75) is 315 Å². The largest absolute Gasteiger partial charge is 0.383 e. The van der Waals surface area contributed by atoms with Crippen LogP contribution in [0.1, 0.15) is 316 Å². The fourth-order valence-corrected chi connectivity index (χ4v) is 16.8. The molecule has 0 aliphatic rings. The van der Waals surface area contributed by atoms with Crippen LogP contribution in [-0.4, -0.2) is 196 Å². The zero-order chi connectivity index (χ0) is 92.9. The molecule has 5 N–H and O–H groups in total. The number of anilines is 6. The topological polar surface area (TPSA) is 185 Å². The van der Waals surface area contributed by atoms with Crippen LogP contribution >= 0.6 is 73.3 Å². The third-order valence-corrected chi connectivity index (χ3v) is 24.2. The first-order valence-corrected chi connectivity index (χ1v) is 48.3. The van der Waals surface area contributed by atoms with Gasteiger partial charge >= 0.3 is 0 Å². The molecule has 0 aliphatic heterocycles. The van der Waals surface area contributed by atoms with Crippen molar-refractivity contribution in [2.24, 2.45) is 0 Å². The highest BCUT2D eigenvalue weighted by Gasteiger charge is 2.34. The van der Waals surface area contributed by atoms with E-state index in [1.165, 1.54) is 71.0 Å². The van der Waals surface area contributed by atoms with Gasteiger partial charge in [-0.3, -0.25) is 28.8 Å². The normalized spacial score (nSPS) is 12.3. The first-order chi connectivity index (χ1) is 56.2. The quantitative estimate of drug-likeness (QED) is 0.0179. The Bertz CT molecular complexity index is 4440. The predicted molar refractivity (Wildman–Crippen MR) is 546 cm³/mol. The van der Waals surface area contributed by atoms with Gasteiger partial charge in [-0.15, -0.1) is 0 Å². The Labute approximate surface area is 765 Å². The molecule has 0 atom stereocenters. The second kappa shape index (κ2) is 55.3. The van der Waals surface area contributed by atoms with E-state index in [-0.39, 0.29) is 65.1 Å². The third-order valence-electron chi connectivity index (χ3n) is 21.9. The van der Waals surface area contributed by atoms with Crippen LogP contribution in [0.2, 0.25) is 0 Å². The van der Waals surface area contributed by atoms with Crippen LogP contribution in [0, 0.1) is 27.1 Å². The van der Waals surface area contributed by atoms with Crippen LogP contribution in [0.4, 0.5) is 34.1 Å². The first kappa shape index (κ1) is 115. The molecule has 121 heavy (non-hydrogen) atoms. The SMILES string of the molecule is CCCN(C)CCCCNc1c(C(C)(C)C)c(=O)c1=S.CCCN(CC)CCCCNc1c(C(C)(C)C)c(=O)c1=S.CCCN(CCC)CCCCNc1c(C(C)(C)C)c(=O)c1=S.CCN(C)CCCCNc1c(C(C)(C)C)c(=O)c1=S.CCN(CC)CCCCNc1c(C(C)(C)C)c(=O)c1=S.CN(C)CCCCN(C)c1c(C(C)(C)C)c(=O)c1=S. The van der Waals surface area contributed by atoms with E-state index in [4.69, 9.17) is 73.3 Å². The van der Waals surface area contributed by atoms with Gasteiger partial charge in [0.1, 0.15) is 27.1 Å². The molecular formula is C97H170N12O6S6. The van der Waals surface area contributed by atoms with Crippen molar-refractivity contribution >= 4 is 107 Å². The van der Waals surface area contributed by atoms with Gasteiger partial charge in [0.25, 0.3) is 0 Å². The van der Waals surface area contributed by atoms with Gasteiger partial charge in [-0.25, -0.2) is 0 Å². The number of nitrogens with zero attached hydrogens (tertiary/aromatic N) is 7. The summed E-state index contributed by atoms with van der Waals surface area (Å²) in [4.78, 5) is 87.6. The maximum Gasteiger partial charge on any atom is 0.204 e. The van der Waals surface area contributed by atoms with Crippen molar-refractivity contribution < 1.29 is 0 Å². The molecule has 6 rings (SSSR count). The number of hydrogen-bond acceptors (Lipinski definition) is 24. The molecule has 0 radical (unpaired) electrons. The molecule has 24 heteroatoms. The van der Waals surface area contributed by atoms with Gasteiger partial charge in [-0.2, -0.15) is 0 Å². The second-order valence-electron chi connectivity index (χ2n) is 39.5. The predicted octanol–water partition coefficient (Wildman–Crippen LogP) is 20.9. The minimum atomic E-state index is -0.124. The van der Waals surface area contributed by atoms with E-state index in [0.717, 1.165) is 230 Å². The Morgan fingerprint density at radius 2 is 0.471 bits per heavy atom. The molecule has 0 unspecified atom stereocenters. The van der Waals surface area contributed by atoms with Crippen LogP contribution in [0.5, 0.6) is 0 Å². The summed E-state index contributed by atoms with van der Waals surface area (Å²) in [5, 5.41) is 16.8. The van der Waals surface area contributed by atoms with Crippen LogP contribution in [0.15, 0.2) is 28.8 Å². The Morgan fingerprint density at radius 3 is 0.727 bits per heavy atom. The van der Waals surface area contributed by atoms with Crippen molar-refractivity contribution in [1.29, 1.82) is 0 Å². The van der Waals surface area contributed by atoms with E-state index in [1.807, 2.05) is 7.05 Å². The molecule has 0 heterocycles. The first-order valence-electron chi connectivity index (χ1n) is 45.8. The minimum absolute atomic E-state index is 0.0516. The number of hydrogen-bond donors (Lipinski definition) is 5. The van der Waals surface area contributed by atoms with Gasteiger partial charge in [-0.05, 0) is 255 Å². The monoisotopic (exact) mass is 1790 g/mol. The van der Waals surface area contributed by atoms with Gasteiger partial charge in [0.2, 0.25) is 32.6 Å². The van der Waals surface area contributed by atoms with Crippen molar-refractivity contribution in [2.75, 3.05) is 198 Å². The number of nitrogens with one attached hydrogen (secondary N) is 5. The lowest BCUT2D eigenvalue weighted by Crippen LogP contribution is -2.35. The lowest BCUT2D eigenvalue weighted by molar-refractivity contribution is 0.270. The molecular weight excluding hydrogens is 1620 g/mol. The van der Waals surface area contributed by atoms with E-state index in [9.17, 15) is 28.8 Å². The summed E-state index contributed by atoms with van der Waals surface area (Å²) < 4.78 is 2.94. The highest BCUT2D eigenvalue weighted by molar-refractivity contribution is 7.72. The maximum atomic E-state index is 11.9. The molecule has 0 amide bonds. The zero-order valence-corrected chi connectivity index (χ0v) is 86.9. The van der Waals surface area contributed by atoms with Crippen LogP contribution < -0.4 is 64.1 Å². The average molecular weight is 1790 g/mol. The third kappa shape index (κ3) is 37.8. The minimum Gasteiger partial charge on any atom is -0.383 e. The van der Waals surface area contributed by atoms with E-state index in [0.29, 0.717) is 27.1 Å². The zero-order valence-electron chi connectivity index (χ0n) is 82.0. The summed E-state index contributed by atoms with van der Waals surface area (Å²) in [5.74, 6) is 0. The Morgan fingerprint density at radius 1 is 0.240 bits per heavy atom. The van der Waals surface area contributed by atoms with Crippen LogP contribution in [0.3, 0.4) is 0 Å². The standard InChI is InChI=1S/C18H32N2OS.C17H30N2OS.2C16H28N2OS.2C15H26N2OS/c1-6-11-20(12-7-2)13-9-8-10-19-15-14(18(3,4)5)16(21)17(15)22;1-6-11-19(7-2)12-9-8-10-18-14-13(17(3,4)5)15(20)16(14)21;1-6-10-18(5)11-8-7-9-17-13-12(16(2,3)4)14(19)15(13)20;1-6-18(7-2)11-9-8-10-17-13-12(16(3,4)5)14(19)15(13)20;1-15(2,3)11-12(14(19)13(11)18)17(6)10-8-7-9-16(4)5;1-6-17(5)10-8-7-9-16-12-11(15(2,3)4)13(18)14(12)19/h19H,6-13H2,1-5H3;18H,6-12H2,1-5H3;2*17H,6-11H2,1-5H3;7-10H2,1-6H3;16H,6-10H2,1-5H3. The Balaban J connectivity index is 0.000000726. The molecule has 690 valence electrons. The molecule has 6 aromatic carbocycles. The summed E-state index contributed by atoms with van der Waals surface area (Å²) in [5.41, 5.74) is 10.4. The summed E-state index contributed by atoms with van der Waals surface area (Å²) >= 11 is 31.0. The average Bonchev–Trinajstić information content (AvgIpc) is 0.712. The number of rotatable bonds is 48. The van der Waals surface area contributed by atoms with E-state index < -0.39 is 0 Å². The van der Waals surface area contributed by atoms with Gasteiger partial charge < -0.3 is 60.9 Å². The van der Waals surface area contributed by atoms with Crippen molar-refractivity contribution in [1.82, 2.24) is 29.4 Å². The molecule has 0 saturated carbocycles. The van der Waals surface area contributed by atoms with Crippen LogP contribution in [-0.2, 0) is 32.5 Å². The summed E-state index contributed by atoms with van der Waals surface area (Å²) in [6.45, 7) is 76.2. The fraction of sp³-hybridized carbons (Fsp3) is 0.753. The smallest absolute Gasteiger partial charge is 0.204 e. The van der Waals surface area contributed by atoms with Crippen molar-refractivity contribution in [3.05, 3.63) is 122 Å². The lowest BCUT2D eigenvalue weighted by Gasteiger charge is -2.30. The van der Waals surface area contributed by atoms with Crippen molar-refractivity contribution in [3.8, 4) is 0 Å². The van der Waals surface area contributed by atoms with E-state index in [1.54, 1.807) is 0 Å². The highest BCUT2D eigenvalue weighted by atomic mass is 32.1. The summed E-state index contributed by atoms with van der Waals surface area (Å²) in [7, 11) is 10.5. The van der Waals surface area contributed by atoms with E-state index in [2.05, 4.69) is 269 Å². The fourth-order valence-electron chi connectivity index (χ4n) is 15.1. The van der Waals surface area contributed by atoms with Gasteiger partial charge in [-0.1, -0.05) is 253 Å². The van der Waals surface area contributed by atoms with Gasteiger partial charge in [0.05, 0.1) is 34.1 Å². The van der Waals surface area contributed by atoms with Gasteiger partial charge in [0.15, 0.2) is 0 Å². The molecule has 0 fully saturated rings. The summed E-state index contributed by atoms with van der Waals surface area (Å²) in [6.07, 6.45) is 18.5. The number of unbranched alkanes of at least 4 members (excludes halogenated alkanes) is 6. The Kier molecular flexibility index (Phi) is 52.4. The Hall–Kier alpha value is -4.44. The second-order valence-corrected chi connectivity index (χ2v) is 42.0.